The van der Waals surface area contributed by atoms with E-state index in [1.54, 1.807) is 66.5 Å². The minimum atomic E-state index is -0.282. The number of hydrogen-bond donors (Lipinski definition) is 1. The molecular weight excluding hydrogens is 365 g/mol. The van der Waals surface area contributed by atoms with Crippen LogP contribution in [0, 0.1) is 5.82 Å². The summed E-state index contributed by atoms with van der Waals surface area (Å²) in [6, 6.07) is 13.1. The number of rotatable bonds is 7. The van der Waals surface area contributed by atoms with Gasteiger partial charge in [0.2, 0.25) is 11.7 Å². The van der Waals surface area contributed by atoms with Crippen LogP contribution in [-0.4, -0.2) is 27.0 Å². The van der Waals surface area contributed by atoms with E-state index in [1.807, 2.05) is 0 Å². The molecule has 0 unspecified atom stereocenters. The van der Waals surface area contributed by atoms with Gasteiger partial charge in [-0.1, -0.05) is 12.1 Å². The summed E-state index contributed by atoms with van der Waals surface area (Å²) < 4.78 is 15.2. The number of nitrogens with one attached hydrogen (secondary N) is 1. The number of aryl methyl sites for hydroxylation is 1. The predicted molar refractivity (Wildman–Crippen MR) is 103 cm³/mol. The fourth-order valence-corrected chi connectivity index (χ4v) is 3.35. The molecule has 0 spiro atoms. The van der Waals surface area contributed by atoms with Crippen molar-refractivity contribution in [2.24, 2.45) is 7.05 Å². The van der Waals surface area contributed by atoms with E-state index in [0.717, 1.165) is 0 Å². The van der Waals surface area contributed by atoms with Gasteiger partial charge in [0.25, 0.3) is 0 Å². The Labute approximate surface area is 160 Å². The highest BCUT2D eigenvalue weighted by atomic mass is 32.2. The molecule has 1 amide bonds. The number of benzene rings is 2. The minimum Gasteiger partial charge on any atom is -0.331 e. The van der Waals surface area contributed by atoms with Gasteiger partial charge in [-0.25, -0.2) is 9.37 Å². The van der Waals surface area contributed by atoms with Crippen molar-refractivity contribution in [2.75, 3.05) is 11.1 Å². The Balaban J connectivity index is 1.52. The number of carbonyl (C=O) groups is 2. The number of amides is 1. The number of anilines is 1. The first kappa shape index (κ1) is 18.8. The lowest BCUT2D eigenvalue weighted by Crippen LogP contribution is -2.13. The molecule has 0 aliphatic rings. The van der Waals surface area contributed by atoms with Crippen molar-refractivity contribution in [3.8, 4) is 0 Å². The van der Waals surface area contributed by atoms with Gasteiger partial charge in [-0.15, -0.1) is 11.8 Å². The second-order valence-electron chi connectivity index (χ2n) is 5.85. The van der Waals surface area contributed by atoms with Crippen LogP contribution in [0.15, 0.2) is 65.8 Å². The highest BCUT2D eigenvalue weighted by molar-refractivity contribution is 7.99. The van der Waals surface area contributed by atoms with Crippen LogP contribution in [-0.2, 0) is 11.8 Å². The molecule has 0 aliphatic carbocycles. The zero-order valence-electron chi connectivity index (χ0n) is 14.7. The molecule has 0 bridgehead atoms. The molecule has 2 aromatic carbocycles. The Bertz CT molecular complexity index is 954. The van der Waals surface area contributed by atoms with Crippen molar-refractivity contribution in [3.63, 3.8) is 0 Å². The maximum Gasteiger partial charge on any atom is 0.228 e. The van der Waals surface area contributed by atoms with Crippen molar-refractivity contribution in [1.82, 2.24) is 9.55 Å². The fraction of sp³-hybridized carbons (Fsp3) is 0.150. The molecule has 0 radical (unpaired) electrons. The number of carbonyl (C=O) groups excluding carboxylic acids is 2. The Morgan fingerprint density at radius 3 is 2.56 bits per heavy atom. The van der Waals surface area contributed by atoms with Gasteiger partial charge in [-0.2, -0.15) is 0 Å². The SMILES string of the molecule is Cn1ccnc1C(=O)c1ccc(NC(=O)CCSc2ccccc2F)cc1. The third kappa shape index (κ3) is 4.83. The van der Waals surface area contributed by atoms with E-state index >= 15 is 0 Å². The second-order valence-corrected chi connectivity index (χ2v) is 6.98. The average Bonchev–Trinajstić information content (AvgIpc) is 3.09. The van der Waals surface area contributed by atoms with E-state index in [-0.39, 0.29) is 23.9 Å². The van der Waals surface area contributed by atoms with Crippen LogP contribution in [0.4, 0.5) is 10.1 Å². The maximum atomic E-state index is 13.5. The Hall–Kier alpha value is -2.93. The molecule has 1 N–H and O–H groups in total. The van der Waals surface area contributed by atoms with Gasteiger partial charge in [0.1, 0.15) is 5.82 Å². The highest BCUT2D eigenvalue weighted by Crippen LogP contribution is 2.22. The Kier molecular flexibility index (Phi) is 6.03. The molecule has 5 nitrogen and oxygen atoms in total. The number of aromatic nitrogens is 2. The van der Waals surface area contributed by atoms with Gasteiger partial charge in [0.15, 0.2) is 5.82 Å². The van der Waals surface area contributed by atoms with Crippen molar-refractivity contribution in [1.29, 1.82) is 0 Å². The minimum absolute atomic E-state index is 0.165. The molecule has 0 fully saturated rings. The molecule has 7 heteroatoms. The summed E-state index contributed by atoms with van der Waals surface area (Å²) in [5, 5.41) is 2.78. The normalized spacial score (nSPS) is 10.6. The van der Waals surface area contributed by atoms with E-state index in [4.69, 9.17) is 0 Å². The summed E-state index contributed by atoms with van der Waals surface area (Å²) >= 11 is 1.30. The van der Waals surface area contributed by atoms with Crippen molar-refractivity contribution in [2.45, 2.75) is 11.3 Å². The summed E-state index contributed by atoms with van der Waals surface area (Å²) in [4.78, 5) is 29.0. The summed E-state index contributed by atoms with van der Waals surface area (Å²) in [7, 11) is 1.76. The van der Waals surface area contributed by atoms with E-state index < -0.39 is 0 Å². The summed E-state index contributed by atoms with van der Waals surface area (Å²) in [6.07, 6.45) is 3.54. The van der Waals surface area contributed by atoms with E-state index in [0.29, 0.717) is 27.7 Å². The van der Waals surface area contributed by atoms with Crippen LogP contribution < -0.4 is 5.32 Å². The van der Waals surface area contributed by atoms with Gasteiger partial charge < -0.3 is 9.88 Å². The van der Waals surface area contributed by atoms with Crippen LogP contribution in [0.1, 0.15) is 22.6 Å². The van der Waals surface area contributed by atoms with Gasteiger partial charge in [-0.3, -0.25) is 9.59 Å². The Morgan fingerprint density at radius 2 is 1.89 bits per heavy atom. The van der Waals surface area contributed by atoms with Crippen molar-refractivity contribution in [3.05, 3.63) is 78.1 Å². The maximum absolute atomic E-state index is 13.5. The fourth-order valence-electron chi connectivity index (χ4n) is 2.46. The molecule has 0 saturated heterocycles. The van der Waals surface area contributed by atoms with Crippen LogP contribution in [0.2, 0.25) is 0 Å². The van der Waals surface area contributed by atoms with Crippen LogP contribution >= 0.6 is 11.8 Å². The summed E-state index contributed by atoms with van der Waals surface area (Å²) in [6.45, 7) is 0. The lowest BCUT2D eigenvalue weighted by molar-refractivity contribution is -0.115. The molecule has 0 saturated carbocycles. The first-order chi connectivity index (χ1) is 13.0. The van der Waals surface area contributed by atoms with Gasteiger partial charge in [0, 0.05) is 47.8 Å². The van der Waals surface area contributed by atoms with E-state index in [1.165, 1.54) is 17.8 Å². The quantitative estimate of drug-likeness (QED) is 0.496. The molecule has 0 aliphatic heterocycles. The second kappa shape index (κ2) is 8.64. The summed E-state index contributed by atoms with van der Waals surface area (Å²) in [5.41, 5.74) is 1.10. The monoisotopic (exact) mass is 383 g/mol. The summed E-state index contributed by atoms with van der Waals surface area (Å²) in [5.74, 6) is 0.208. The smallest absolute Gasteiger partial charge is 0.228 e. The van der Waals surface area contributed by atoms with Crippen LogP contribution in [0.5, 0.6) is 0 Å². The van der Waals surface area contributed by atoms with Gasteiger partial charge in [0.05, 0.1) is 0 Å². The number of halogens is 1. The molecule has 3 aromatic rings. The standard InChI is InChI=1S/C20H18FN3O2S/c1-24-12-11-22-20(24)19(26)14-6-8-15(9-7-14)23-18(25)10-13-27-17-5-3-2-4-16(17)21/h2-9,11-12H,10,13H2,1H3,(H,23,25). The zero-order valence-corrected chi connectivity index (χ0v) is 15.5. The van der Waals surface area contributed by atoms with Gasteiger partial charge in [-0.05, 0) is 36.4 Å². The first-order valence-corrected chi connectivity index (χ1v) is 9.32. The first-order valence-electron chi connectivity index (χ1n) is 8.34. The molecular formula is C20H18FN3O2S. The number of ketones is 1. The number of nitrogens with zero attached hydrogens (tertiary/aromatic N) is 2. The zero-order chi connectivity index (χ0) is 19.2. The molecule has 3 rings (SSSR count). The number of thioether (sulfide) groups is 1. The third-order valence-corrected chi connectivity index (χ3v) is 4.93. The van der Waals surface area contributed by atoms with Crippen molar-refractivity contribution < 1.29 is 14.0 Å². The van der Waals surface area contributed by atoms with Crippen molar-refractivity contribution >= 4 is 29.1 Å². The molecule has 1 heterocycles. The third-order valence-electron chi connectivity index (χ3n) is 3.88. The predicted octanol–water partition coefficient (Wildman–Crippen LogP) is 3.91. The van der Waals surface area contributed by atoms with Crippen LogP contribution in [0.3, 0.4) is 0 Å². The van der Waals surface area contributed by atoms with E-state index in [2.05, 4.69) is 10.3 Å². The molecule has 27 heavy (non-hydrogen) atoms. The number of hydrogen-bond acceptors (Lipinski definition) is 4. The largest absolute Gasteiger partial charge is 0.331 e. The molecule has 138 valence electrons. The highest BCUT2D eigenvalue weighted by Gasteiger charge is 2.13. The van der Waals surface area contributed by atoms with E-state index in [9.17, 15) is 14.0 Å². The lowest BCUT2D eigenvalue weighted by atomic mass is 10.1. The molecule has 1 aromatic heterocycles. The lowest BCUT2D eigenvalue weighted by Gasteiger charge is -2.07. The molecule has 0 atom stereocenters. The van der Waals surface area contributed by atoms with Gasteiger partial charge >= 0.3 is 0 Å². The van der Waals surface area contributed by atoms with Crippen LogP contribution in [0.25, 0.3) is 0 Å². The topological polar surface area (TPSA) is 64.0 Å². The average molecular weight is 383 g/mol. The number of imidazole rings is 1. The Morgan fingerprint density at radius 1 is 1.15 bits per heavy atom.